The van der Waals surface area contributed by atoms with Gasteiger partial charge in [0.05, 0.1) is 6.20 Å². The standard InChI is InChI=1S/C17H26FN3/c1-16(2)13-21(11-14-8-15(18)10-19-9-14)17(12-20-16)6-4-3-5-7-17/h8-10,20H,3-7,11-13H2,1-2H3. The molecule has 2 aliphatic rings. The van der Waals surface area contributed by atoms with Gasteiger partial charge in [-0.3, -0.25) is 9.88 Å². The second-order valence-electron chi connectivity index (χ2n) is 7.39. The molecule has 2 fully saturated rings. The van der Waals surface area contributed by atoms with Gasteiger partial charge >= 0.3 is 0 Å². The number of piperazine rings is 1. The predicted molar refractivity (Wildman–Crippen MR) is 82.5 cm³/mol. The van der Waals surface area contributed by atoms with Gasteiger partial charge in [0, 0.05) is 36.9 Å². The van der Waals surface area contributed by atoms with Crippen LogP contribution in [0.25, 0.3) is 0 Å². The Bertz CT molecular complexity index is 495. The van der Waals surface area contributed by atoms with Crippen molar-refractivity contribution in [2.24, 2.45) is 0 Å². The van der Waals surface area contributed by atoms with E-state index >= 15 is 0 Å². The van der Waals surface area contributed by atoms with Gasteiger partial charge in [-0.05, 0) is 38.3 Å². The molecule has 0 aromatic carbocycles. The molecule has 1 spiro atoms. The smallest absolute Gasteiger partial charge is 0.141 e. The van der Waals surface area contributed by atoms with Crippen molar-refractivity contribution >= 4 is 0 Å². The lowest BCUT2D eigenvalue weighted by molar-refractivity contribution is -0.0162. The number of nitrogens with one attached hydrogen (secondary N) is 1. The van der Waals surface area contributed by atoms with E-state index in [1.54, 1.807) is 12.3 Å². The molecule has 2 heterocycles. The van der Waals surface area contributed by atoms with E-state index in [2.05, 4.69) is 29.0 Å². The zero-order chi connectivity index (χ0) is 14.9. The summed E-state index contributed by atoms with van der Waals surface area (Å²) in [4.78, 5) is 6.58. The van der Waals surface area contributed by atoms with Gasteiger partial charge in [-0.1, -0.05) is 19.3 Å². The Balaban J connectivity index is 1.83. The highest BCUT2D eigenvalue weighted by molar-refractivity contribution is 5.13. The Kier molecular flexibility index (Phi) is 4.02. The van der Waals surface area contributed by atoms with Crippen molar-refractivity contribution in [1.29, 1.82) is 0 Å². The zero-order valence-corrected chi connectivity index (χ0v) is 13.2. The van der Waals surface area contributed by atoms with Crippen LogP contribution in [0, 0.1) is 5.82 Å². The molecule has 1 N–H and O–H groups in total. The molecule has 4 heteroatoms. The maximum absolute atomic E-state index is 13.4. The molecule has 1 aromatic heterocycles. The SMILES string of the molecule is CC1(C)CN(Cc2cncc(F)c2)C2(CCCCC2)CN1. The summed E-state index contributed by atoms with van der Waals surface area (Å²) in [6.07, 6.45) is 9.54. The number of aromatic nitrogens is 1. The third kappa shape index (κ3) is 3.27. The van der Waals surface area contributed by atoms with Crippen molar-refractivity contribution in [3.63, 3.8) is 0 Å². The van der Waals surface area contributed by atoms with Gasteiger partial charge in [-0.25, -0.2) is 4.39 Å². The maximum Gasteiger partial charge on any atom is 0.141 e. The summed E-state index contributed by atoms with van der Waals surface area (Å²) in [5, 5.41) is 3.71. The lowest BCUT2D eigenvalue weighted by Gasteiger charge is -2.54. The summed E-state index contributed by atoms with van der Waals surface area (Å²) < 4.78 is 13.4. The van der Waals surface area contributed by atoms with Gasteiger partial charge in [0.15, 0.2) is 0 Å². The lowest BCUT2D eigenvalue weighted by Crippen LogP contribution is -2.68. The molecule has 1 aliphatic carbocycles. The van der Waals surface area contributed by atoms with E-state index in [9.17, 15) is 4.39 Å². The highest BCUT2D eigenvalue weighted by Crippen LogP contribution is 2.37. The van der Waals surface area contributed by atoms with Crippen LogP contribution < -0.4 is 5.32 Å². The van der Waals surface area contributed by atoms with Gasteiger partial charge in [-0.2, -0.15) is 0 Å². The molecule has 3 rings (SSSR count). The third-order valence-electron chi connectivity index (χ3n) is 5.07. The van der Waals surface area contributed by atoms with Crippen LogP contribution in [0.2, 0.25) is 0 Å². The first kappa shape index (κ1) is 14.9. The van der Waals surface area contributed by atoms with Crippen LogP contribution in [-0.2, 0) is 6.54 Å². The summed E-state index contributed by atoms with van der Waals surface area (Å²) in [5.41, 5.74) is 1.35. The molecule has 1 saturated carbocycles. The topological polar surface area (TPSA) is 28.2 Å². The van der Waals surface area contributed by atoms with E-state index in [1.807, 2.05) is 0 Å². The van der Waals surface area contributed by atoms with Crippen molar-refractivity contribution in [1.82, 2.24) is 15.2 Å². The first-order valence-corrected chi connectivity index (χ1v) is 8.09. The van der Waals surface area contributed by atoms with E-state index in [4.69, 9.17) is 0 Å². The Morgan fingerprint density at radius 3 is 2.71 bits per heavy atom. The first-order valence-electron chi connectivity index (χ1n) is 8.09. The lowest BCUT2D eigenvalue weighted by atomic mass is 9.76. The summed E-state index contributed by atoms with van der Waals surface area (Å²) in [5.74, 6) is -0.236. The first-order chi connectivity index (χ1) is 9.99. The Morgan fingerprint density at radius 2 is 2.00 bits per heavy atom. The van der Waals surface area contributed by atoms with Crippen LogP contribution >= 0.6 is 0 Å². The van der Waals surface area contributed by atoms with Crippen LogP contribution in [-0.4, -0.2) is 34.1 Å². The molecule has 0 amide bonds. The molecular weight excluding hydrogens is 265 g/mol. The average Bonchev–Trinajstić information content (AvgIpc) is 2.44. The Hall–Kier alpha value is -1.00. The number of hydrogen-bond acceptors (Lipinski definition) is 3. The molecule has 21 heavy (non-hydrogen) atoms. The second-order valence-corrected chi connectivity index (χ2v) is 7.39. The quantitative estimate of drug-likeness (QED) is 0.907. The van der Waals surface area contributed by atoms with Crippen molar-refractivity contribution in [3.05, 3.63) is 29.8 Å². The number of halogens is 1. The fourth-order valence-corrected chi connectivity index (χ4v) is 3.91. The Morgan fingerprint density at radius 1 is 1.24 bits per heavy atom. The highest BCUT2D eigenvalue weighted by atomic mass is 19.1. The molecule has 1 aliphatic heterocycles. The van der Waals surface area contributed by atoms with Gasteiger partial charge in [0.2, 0.25) is 0 Å². The molecule has 0 radical (unpaired) electrons. The van der Waals surface area contributed by atoms with Crippen molar-refractivity contribution < 1.29 is 4.39 Å². The van der Waals surface area contributed by atoms with Crippen LogP contribution in [0.4, 0.5) is 4.39 Å². The van der Waals surface area contributed by atoms with Gasteiger partial charge < -0.3 is 5.32 Å². The molecular formula is C17H26FN3. The Labute approximate surface area is 126 Å². The van der Waals surface area contributed by atoms with Crippen LogP contribution in [0.3, 0.4) is 0 Å². The number of hydrogen-bond donors (Lipinski definition) is 1. The van der Waals surface area contributed by atoms with E-state index in [1.165, 1.54) is 38.3 Å². The van der Waals surface area contributed by atoms with Crippen molar-refractivity contribution in [2.45, 2.75) is 63.6 Å². The minimum absolute atomic E-state index is 0.115. The largest absolute Gasteiger partial charge is 0.309 e. The third-order valence-corrected chi connectivity index (χ3v) is 5.07. The highest BCUT2D eigenvalue weighted by Gasteiger charge is 2.44. The molecule has 0 bridgehead atoms. The predicted octanol–water partition coefficient (Wildman–Crippen LogP) is 3.11. The maximum atomic E-state index is 13.4. The van der Waals surface area contributed by atoms with Gasteiger partial charge in [0.1, 0.15) is 5.82 Å². The van der Waals surface area contributed by atoms with E-state index in [0.717, 1.165) is 25.2 Å². The monoisotopic (exact) mass is 291 g/mol. The van der Waals surface area contributed by atoms with E-state index in [-0.39, 0.29) is 16.9 Å². The summed E-state index contributed by atoms with van der Waals surface area (Å²) >= 11 is 0. The second kappa shape index (κ2) is 5.65. The van der Waals surface area contributed by atoms with E-state index < -0.39 is 0 Å². The molecule has 116 valence electrons. The van der Waals surface area contributed by atoms with E-state index in [0.29, 0.717) is 0 Å². The van der Waals surface area contributed by atoms with Crippen LogP contribution in [0.15, 0.2) is 18.5 Å². The number of nitrogens with zero attached hydrogens (tertiary/aromatic N) is 2. The summed E-state index contributed by atoms with van der Waals surface area (Å²) in [6, 6.07) is 1.62. The molecule has 1 aromatic rings. The minimum Gasteiger partial charge on any atom is -0.309 e. The van der Waals surface area contributed by atoms with Crippen LogP contribution in [0.5, 0.6) is 0 Å². The molecule has 0 atom stereocenters. The fourth-order valence-electron chi connectivity index (χ4n) is 3.91. The summed E-state index contributed by atoms with van der Waals surface area (Å²) in [6.45, 7) is 7.35. The molecule has 1 saturated heterocycles. The van der Waals surface area contributed by atoms with Crippen LogP contribution in [0.1, 0.15) is 51.5 Å². The zero-order valence-electron chi connectivity index (χ0n) is 13.2. The van der Waals surface area contributed by atoms with Crippen molar-refractivity contribution in [3.8, 4) is 0 Å². The van der Waals surface area contributed by atoms with Gasteiger partial charge in [0.25, 0.3) is 0 Å². The number of rotatable bonds is 2. The average molecular weight is 291 g/mol. The molecule has 3 nitrogen and oxygen atoms in total. The normalized spacial score (nSPS) is 25.1. The fraction of sp³-hybridized carbons (Fsp3) is 0.706. The summed E-state index contributed by atoms with van der Waals surface area (Å²) in [7, 11) is 0. The number of pyridine rings is 1. The minimum atomic E-state index is -0.236. The molecule has 0 unspecified atom stereocenters. The van der Waals surface area contributed by atoms with Gasteiger partial charge in [-0.15, -0.1) is 0 Å². The van der Waals surface area contributed by atoms with Crippen molar-refractivity contribution in [2.75, 3.05) is 13.1 Å².